The zero-order valence-electron chi connectivity index (χ0n) is 13.9. The molecule has 0 saturated heterocycles. The quantitative estimate of drug-likeness (QED) is 0.483. The summed E-state index contributed by atoms with van der Waals surface area (Å²) in [6.45, 7) is 0.829. The number of ether oxygens (including phenoxy) is 2. The fourth-order valence-electron chi connectivity index (χ4n) is 1.95. The molecule has 0 heterocycles. The number of likely N-dealkylation sites (N-methyl/N-ethyl adjacent to an activating group) is 1. The lowest BCUT2D eigenvalue weighted by atomic mass is 10.1. The van der Waals surface area contributed by atoms with Gasteiger partial charge in [-0.25, -0.2) is 0 Å². The molecule has 0 aliphatic carbocycles. The Morgan fingerprint density at radius 2 is 1.79 bits per heavy atom. The third kappa shape index (κ3) is 5.35. The van der Waals surface area contributed by atoms with Gasteiger partial charge in [-0.05, 0) is 35.9 Å². The van der Waals surface area contributed by atoms with Crippen LogP contribution in [0.4, 0.5) is 5.69 Å². The van der Waals surface area contributed by atoms with Crippen molar-refractivity contribution in [2.24, 2.45) is 0 Å². The topological polar surface area (TPSA) is 64.8 Å². The number of carbonyl (C=O) groups excluding carboxylic acids is 1. The molecular formula is C19H22N2O3. The van der Waals surface area contributed by atoms with Gasteiger partial charge in [-0.3, -0.25) is 4.79 Å². The third-order valence-corrected chi connectivity index (χ3v) is 3.25. The molecule has 0 spiro atoms. The van der Waals surface area contributed by atoms with Gasteiger partial charge in [0.2, 0.25) is 5.91 Å². The first kappa shape index (κ1) is 17.4. The Morgan fingerprint density at radius 3 is 2.46 bits per heavy atom. The molecule has 0 atom stereocenters. The maximum Gasteiger partial charge on any atom is 0.246 e. The van der Waals surface area contributed by atoms with Gasteiger partial charge in [-0.15, -0.1) is 0 Å². The van der Waals surface area contributed by atoms with Crippen molar-refractivity contribution >= 4 is 17.7 Å². The molecular weight excluding hydrogens is 304 g/mol. The number of rotatable bonds is 7. The Kier molecular flexibility index (Phi) is 6.25. The van der Waals surface area contributed by atoms with E-state index in [0.717, 1.165) is 11.3 Å². The average molecular weight is 326 g/mol. The predicted molar refractivity (Wildman–Crippen MR) is 96.0 cm³/mol. The zero-order chi connectivity index (χ0) is 17.4. The van der Waals surface area contributed by atoms with Crippen molar-refractivity contribution in [3.05, 3.63) is 60.2 Å². The van der Waals surface area contributed by atoms with E-state index >= 15 is 0 Å². The Hall–Kier alpha value is -2.95. The normalized spacial score (nSPS) is 10.6. The predicted octanol–water partition coefficient (Wildman–Crippen LogP) is 2.83. The van der Waals surface area contributed by atoms with E-state index in [-0.39, 0.29) is 5.91 Å². The van der Waals surface area contributed by atoms with Gasteiger partial charge in [0.05, 0.1) is 5.69 Å². The summed E-state index contributed by atoms with van der Waals surface area (Å²) in [7, 11) is 3.41. The molecule has 0 aliphatic heterocycles. The fraction of sp³-hybridized carbons (Fsp3) is 0.211. The molecule has 5 heteroatoms. The van der Waals surface area contributed by atoms with Crippen LogP contribution in [0.3, 0.4) is 0 Å². The number of hydrogen-bond acceptors (Lipinski definition) is 4. The highest BCUT2D eigenvalue weighted by molar-refractivity contribution is 5.91. The van der Waals surface area contributed by atoms with Gasteiger partial charge >= 0.3 is 0 Å². The van der Waals surface area contributed by atoms with Gasteiger partial charge in [-0.2, -0.15) is 0 Å². The Morgan fingerprint density at radius 1 is 1.08 bits per heavy atom. The summed E-state index contributed by atoms with van der Waals surface area (Å²) >= 11 is 0. The first-order valence-electron chi connectivity index (χ1n) is 7.66. The van der Waals surface area contributed by atoms with Crippen LogP contribution in [0, 0.1) is 0 Å². The number of nitrogens with zero attached hydrogens (tertiary/aromatic N) is 1. The second-order valence-corrected chi connectivity index (χ2v) is 5.37. The van der Waals surface area contributed by atoms with Crippen molar-refractivity contribution in [3.8, 4) is 11.5 Å². The number of nitrogens with two attached hydrogens (primary N) is 1. The molecule has 0 saturated carbocycles. The first-order chi connectivity index (χ1) is 11.6. The van der Waals surface area contributed by atoms with Crippen molar-refractivity contribution in [2.75, 3.05) is 33.0 Å². The van der Waals surface area contributed by atoms with Crippen LogP contribution in [-0.4, -0.2) is 38.1 Å². The van der Waals surface area contributed by atoms with Gasteiger partial charge in [0, 0.05) is 20.2 Å². The number of para-hydroxylation sites is 1. The number of benzene rings is 2. The molecule has 0 radical (unpaired) electrons. The van der Waals surface area contributed by atoms with E-state index < -0.39 is 0 Å². The fourth-order valence-corrected chi connectivity index (χ4v) is 1.95. The molecule has 0 unspecified atom stereocenters. The number of amides is 1. The molecule has 2 N–H and O–H groups in total. The molecule has 1 amide bonds. The van der Waals surface area contributed by atoms with E-state index in [2.05, 4.69) is 0 Å². The molecule has 2 aromatic carbocycles. The van der Waals surface area contributed by atoms with E-state index in [1.807, 2.05) is 36.4 Å². The Labute approximate surface area is 142 Å². The molecule has 5 nitrogen and oxygen atoms in total. The molecule has 24 heavy (non-hydrogen) atoms. The SMILES string of the molecule is CN(C)C(=O)/C=C\c1ccc(OCCOc2ccccc2)c(N)c1. The van der Waals surface area contributed by atoms with Crippen LogP contribution < -0.4 is 15.2 Å². The second-order valence-electron chi connectivity index (χ2n) is 5.37. The Bertz CT molecular complexity index is 697. The number of anilines is 1. The van der Waals surface area contributed by atoms with Crippen molar-refractivity contribution in [1.29, 1.82) is 0 Å². The van der Waals surface area contributed by atoms with Gasteiger partial charge in [0.15, 0.2) is 0 Å². The maximum absolute atomic E-state index is 11.5. The minimum absolute atomic E-state index is 0.0769. The van der Waals surface area contributed by atoms with Crippen LogP contribution >= 0.6 is 0 Å². The van der Waals surface area contributed by atoms with Crippen molar-refractivity contribution < 1.29 is 14.3 Å². The molecule has 126 valence electrons. The smallest absolute Gasteiger partial charge is 0.246 e. The van der Waals surface area contributed by atoms with Crippen LogP contribution in [0.15, 0.2) is 54.6 Å². The van der Waals surface area contributed by atoms with Crippen LogP contribution in [0.25, 0.3) is 6.08 Å². The van der Waals surface area contributed by atoms with Gasteiger partial charge in [0.1, 0.15) is 24.7 Å². The van der Waals surface area contributed by atoms with Crippen LogP contribution in [0.2, 0.25) is 0 Å². The van der Waals surface area contributed by atoms with Crippen LogP contribution in [0.5, 0.6) is 11.5 Å². The van der Waals surface area contributed by atoms with Crippen LogP contribution in [-0.2, 0) is 4.79 Å². The number of hydrogen-bond donors (Lipinski definition) is 1. The molecule has 0 aliphatic rings. The summed E-state index contributed by atoms with van der Waals surface area (Å²) in [5.41, 5.74) is 7.35. The van der Waals surface area contributed by atoms with Crippen LogP contribution in [0.1, 0.15) is 5.56 Å². The monoisotopic (exact) mass is 326 g/mol. The lowest BCUT2D eigenvalue weighted by Gasteiger charge is -2.11. The molecule has 0 bridgehead atoms. The first-order valence-corrected chi connectivity index (χ1v) is 7.66. The van der Waals surface area contributed by atoms with Crippen molar-refractivity contribution in [3.63, 3.8) is 0 Å². The summed E-state index contributed by atoms with van der Waals surface area (Å²) in [5, 5.41) is 0. The summed E-state index contributed by atoms with van der Waals surface area (Å²) in [4.78, 5) is 13.0. The number of carbonyl (C=O) groups is 1. The highest BCUT2D eigenvalue weighted by atomic mass is 16.5. The summed E-state index contributed by atoms with van der Waals surface area (Å²) in [6, 6.07) is 15.0. The summed E-state index contributed by atoms with van der Waals surface area (Å²) in [5.74, 6) is 1.33. The lowest BCUT2D eigenvalue weighted by Crippen LogP contribution is -2.18. The zero-order valence-corrected chi connectivity index (χ0v) is 13.9. The van der Waals surface area contributed by atoms with E-state index in [0.29, 0.717) is 24.7 Å². The maximum atomic E-state index is 11.5. The van der Waals surface area contributed by atoms with E-state index in [1.54, 1.807) is 32.3 Å². The molecule has 2 aromatic rings. The minimum atomic E-state index is -0.0769. The van der Waals surface area contributed by atoms with E-state index in [4.69, 9.17) is 15.2 Å². The molecule has 0 fully saturated rings. The van der Waals surface area contributed by atoms with Gasteiger partial charge in [-0.1, -0.05) is 24.3 Å². The average Bonchev–Trinajstić information content (AvgIpc) is 2.58. The lowest BCUT2D eigenvalue weighted by molar-refractivity contribution is -0.123. The molecule has 0 aromatic heterocycles. The summed E-state index contributed by atoms with van der Waals surface area (Å²) < 4.78 is 11.2. The minimum Gasteiger partial charge on any atom is -0.490 e. The highest BCUT2D eigenvalue weighted by Gasteiger charge is 2.02. The van der Waals surface area contributed by atoms with Gasteiger partial charge in [0.25, 0.3) is 0 Å². The van der Waals surface area contributed by atoms with E-state index in [9.17, 15) is 4.79 Å². The second kappa shape index (κ2) is 8.62. The third-order valence-electron chi connectivity index (χ3n) is 3.25. The highest BCUT2D eigenvalue weighted by Crippen LogP contribution is 2.23. The largest absolute Gasteiger partial charge is 0.490 e. The van der Waals surface area contributed by atoms with E-state index in [1.165, 1.54) is 11.0 Å². The Balaban J connectivity index is 1.85. The van der Waals surface area contributed by atoms with Crippen molar-refractivity contribution in [1.82, 2.24) is 4.90 Å². The van der Waals surface area contributed by atoms with Crippen molar-refractivity contribution in [2.45, 2.75) is 0 Å². The summed E-state index contributed by atoms with van der Waals surface area (Å²) in [6.07, 6.45) is 3.23. The standard InChI is InChI=1S/C19H22N2O3/c1-21(2)19(22)11-9-15-8-10-18(17(20)14-15)24-13-12-23-16-6-4-3-5-7-16/h3-11,14H,12-13,20H2,1-2H3/b11-9-. The number of nitrogen functional groups attached to an aromatic ring is 1. The molecule has 2 rings (SSSR count). The van der Waals surface area contributed by atoms with Gasteiger partial charge < -0.3 is 20.1 Å².